The number of aromatic nitrogens is 1. The Balaban J connectivity index is 1.59. The van der Waals surface area contributed by atoms with E-state index in [1.165, 1.54) is 0 Å². The lowest BCUT2D eigenvalue weighted by atomic mass is 10.2. The molecular weight excluding hydrogens is 391 g/mol. The predicted molar refractivity (Wildman–Crippen MR) is 92.5 cm³/mol. The maximum Gasteiger partial charge on any atom is 0.261 e. The molecule has 0 atom stereocenters. The van der Waals surface area contributed by atoms with Gasteiger partial charge in [0.1, 0.15) is 5.75 Å². The summed E-state index contributed by atoms with van der Waals surface area (Å²) in [5.41, 5.74) is 1.10. The van der Waals surface area contributed by atoms with Crippen molar-refractivity contribution >= 4 is 28.5 Å². The lowest BCUT2D eigenvalue weighted by Crippen LogP contribution is -2.36. The van der Waals surface area contributed by atoms with Gasteiger partial charge in [-0.1, -0.05) is 0 Å². The Morgan fingerprint density at radius 1 is 1.18 bits per heavy atom. The predicted octanol–water partition coefficient (Wildman–Crippen LogP) is 3.26. The van der Waals surface area contributed by atoms with Crippen molar-refractivity contribution in [3.05, 3.63) is 57.9 Å². The first-order chi connectivity index (χ1) is 10.7. The highest BCUT2D eigenvalue weighted by Crippen LogP contribution is 2.28. The molecule has 1 fully saturated rings. The highest BCUT2D eigenvalue weighted by Gasteiger charge is 2.32. The fraction of sp³-hybridized carbons (Fsp3) is 0.294. The Labute approximate surface area is 143 Å². The smallest absolute Gasteiger partial charge is 0.261 e. The number of ether oxygens (including phenoxy) is 1. The van der Waals surface area contributed by atoms with Crippen molar-refractivity contribution in [3.8, 4) is 5.75 Å². The Morgan fingerprint density at radius 3 is 2.50 bits per heavy atom. The minimum absolute atomic E-state index is 0.0397. The number of amides is 1. The van der Waals surface area contributed by atoms with E-state index < -0.39 is 0 Å². The standard InChI is InChI=1S/C17H17IN2O2/c18-14-1-5-16(6-2-14)22-12-17(21)20(15-3-4-15)11-13-7-9-19-10-8-13/h1-2,5-10,15H,3-4,11-12H2. The number of nitrogens with zero attached hydrogens (tertiary/aromatic N) is 2. The molecule has 1 aliphatic rings. The Bertz CT molecular complexity index is 627. The largest absolute Gasteiger partial charge is 0.484 e. The number of hydrogen-bond acceptors (Lipinski definition) is 3. The number of carbonyl (C=O) groups excluding carboxylic acids is 1. The van der Waals surface area contributed by atoms with Crippen LogP contribution in [0.25, 0.3) is 0 Å². The summed E-state index contributed by atoms with van der Waals surface area (Å²) in [6.07, 6.45) is 5.68. The zero-order valence-electron chi connectivity index (χ0n) is 12.1. The van der Waals surface area contributed by atoms with Gasteiger partial charge in [-0.05, 0) is 77.4 Å². The SMILES string of the molecule is O=C(COc1ccc(I)cc1)N(Cc1ccncc1)C1CC1. The first-order valence-electron chi connectivity index (χ1n) is 7.29. The fourth-order valence-electron chi connectivity index (χ4n) is 2.25. The van der Waals surface area contributed by atoms with Crippen molar-refractivity contribution in [3.63, 3.8) is 0 Å². The quantitative estimate of drug-likeness (QED) is 0.690. The van der Waals surface area contributed by atoms with Crippen molar-refractivity contribution < 1.29 is 9.53 Å². The Morgan fingerprint density at radius 2 is 1.86 bits per heavy atom. The van der Waals surface area contributed by atoms with Crippen molar-refractivity contribution in [1.29, 1.82) is 0 Å². The number of halogens is 1. The van der Waals surface area contributed by atoms with Crippen LogP contribution in [0, 0.1) is 3.57 Å². The molecule has 0 saturated heterocycles. The summed E-state index contributed by atoms with van der Waals surface area (Å²) in [7, 11) is 0. The number of rotatable bonds is 6. The first-order valence-corrected chi connectivity index (χ1v) is 8.37. The molecule has 0 aliphatic heterocycles. The molecule has 1 saturated carbocycles. The summed E-state index contributed by atoms with van der Waals surface area (Å²) in [5, 5.41) is 0. The molecule has 2 aromatic rings. The molecule has 1 heterocycles. The third-order valence-corrected chi connectivity index (χ3v) is 4.31. The molecule has 3 rings (SSSR count). The molecule has 1 amide bonds. The van der Waals surface area contributed by atoms with Gasteiger partial charge in [0.2, 0.25) is 0 Å². The number of benzene rings is 1. The van der Waals surface area contributed by atoms with Crippen LogP contribution in [0.4, 0.5) is 0 Å². The average Bonchev–Trinajstić information content (AvgIpc) is 3.37. The van der Waals surface area contributed by atoms with Gasteiger partial charge in [-0.25, -0.2) is 0 Å². The molecular formula is C17H17IN2O2. The molecule has 1 aromatic heterocycles. The van der Waals surface area contributed by atoms with Crippen LogP contribution < -0.4 is 4.74 Å². The molecule has 0 radical (unpaired) electrons. The van der Waals surface area contributed by atoms with Gasteiger partial charge in [0, 0.05) is 28.6 Å². The lowest BCUT2D eigenvalue weighted by molar-refractivity contribution is -0.134. The van der Waals surface area contributed by atoms with Crippen molar-refractivity contribution in [2.24, 2.45) is 0 Å². The molecule has 0 spiro atoms. The molecule has 5 heteroatoms. The maximum atomic E-state index is 12.5. The molecule has 0 N–H and O–H groups in total. The summed E-state index contributed by atoms with van der Waals surface area (Å²) in [6.45, 7) is 0.713. The van der Waals surface area contributed by atoms with E-state index in [0.29, 0.717) is 12.6 Å². The van der Waals surface area contributed by atoms with E-state index in [1.54, 1.807) is 12.4 Å². The Kier molecular flexibility index (Phi) is 4.92. The first kappa shape index (κ1) is 15.3. The van der Waals surface area contributed by atoms with Crippen molar-refractivity contribution in [2.45, 2.75) is 25.4 Å². The zero-order chi connectivity index (χ0) is 15.4. The average molecular weight is 408 g/mol. The van der Waals surface area contributed by atoms with Gasteiger partial charge in [-0.3, -0.25) is 9.78 Å². The van der Waals surface area contributed by atoms with E-state index in [1.807, 2.05) is 41.3 Å². The fourth-order valence-corrected chi connectivity index (χ4v) is 2.61. The third-order valence-electron chi connectivity index (χ3n) is 3.59. The van der Waals surface area contributed by atoms with Crippen LogP contribution in [-0.4, -0.2) is 28.4 Å². The van der Waals surface area contributed by atoms with Crippen LogP contribution in [0.3, 0.4) is 0 Å². The van der Waals surface area contributed by atoms with Gasteiger partial charge in [-0.2, -0.15) is 0 Å². The summed E-state index contributed by atoms with van der Waals surface area (Å²) < 4.78 is 6.76. The van der Waals surface area contributed by atoms with Crippen molar-refractivity contribution in [1.82, 2.24) is 9.88 Å². The summed E-state index contributed by atoms with van der Waals surface area (Å²) >= 11 is 2.24. The van der Waals surface area contributed by atoms with E-state index in [0.717, 1.165) is 27.7 Å². The van der Waals surface area contributed by atoms with Gasteiger partial charge in [-0.15, -0.1) is 0 Å². The molecule has 114 valence electrons. The molecule has 0 bridgehead atoms. The van der Waals surface area contributed by atoms with Crippen LogP contribution in [0.5, 0.6) is 5.75 Å². The van der Waals surface area contributed by atoms with Gasteiger partial charge in [0.15, 0.2) is 6.61 Å². The Hall–Kier alpha value is -1.63. The summed E-state index contributed by atoms with van der Waals surface area (Å²) in [5.74, 6) is 0.770. The second-order valence-electron chi connectivity index (χ2n) is 5.35. The third kappa shape index (κ3) is 4.19. The van der Waals surface area contributed by atoms with Crippen LogP contribution in [0.1, 0.15) is 18.4 Å². The highest BCUT2D eigenvalue weighted by atomic mass is 127. The minimum Gasteiger partial charge on any atom is -0.484 e. The lowest BCUT2D eigenvalue weighted by Gasteiger charge is -2.22. The zero-order valence-corrected chi connectivity index (χ0v) is 14.3. The van der Waals surface area contributed by atoms with E-state index in [-0.39, 0.29) is 12.5 Å². The minimum atomic E-state index is 0.0397. The van der Waals surface area contributed by atoms with Crippen LogP contribution in [-0.2, 0) is 11.3 Å². The number of carbonyl (C=O) groups is 1. The summed E-state index contributed by atoms with van der Waals surface area (Å²) in [4.78, 5) is 18.4. The van der Waals surface area contributed by atoms with E-state index >= 15 is 0 Å². The van der Waals surface area contributed by atoms with Crippen LogP contribution >= 0.6 is 22.6 Å². The normalized spacial score (nSPS) is 13.7. The van der Waals surface area contributed by atoms with Crippen molar-refractivity contribution in [2.75, 3.05) is 6.61 Å². The second-order valence-corrected chi connectivity index (χ2v) is 6.60. The molecule has 22 heavy (non-hydrogen) atoms. The molecule has 1 aromatic carbocycles. The van der Waals surface area contributed by atoms with E-state index in [9.17, 15) is 4.79 Å². The van der Waals surface area contributed by atoms with Gasteiger partial charge in [0.05, 0.1) is 0 Å². The van der Waals surface area contributed by atoms with Crippen LogP contribution in [0.2, 0.25) is 0 Å². The maximum absolute atomic E-state index is 12.5. The van der Waals surface area contributed by atoms with Gasteiger partial charge < -0.3 is 9.64 Å². The number of pyridine rings is 1. The van der Waals surface area contributed by atoms with Crippen LogP contribution in [0.15, 0.2) is 48.8 Å². The highest BCUT2D eigenvalue weighted by molar-refractivity contribution is 14.1. The number of hydrogen-bond donors (Lipinski definition) is 0. The summed E-state index contributed by atoms with van der Waals surface area (Å²) in [6, 6.07) is 12.0. The van der Waals surface area contributed by atoms with Gasteiger partial charge in [0.25, 0.3) is 5.91 Å². The topological polar surface area (TPSA) is 42.4 Å². The van der Waals surface area contributed by atoms with Gasteiger partial charge >= 0.3 is 0 Å². The van der Waals surface area contributed by atoms with E-state index in [4.69, 9.17) is 4.74 Å². The molecule has 1 aliphatic carbocycles. The molecule has 4 nitrogen and oxygen atoms in total. The second kappa shape index (κ2) is 7.09. The van der Waals surface area contributed by atoms with E-state index in [2.05, 4.69) is 27.6 Å². The molecule has 0 unspecified atom stereocenters. The monoisotopic (exact) mass is 408 g/mol.